The van der Waals surface area contributed by atoms with Gasteiger partial charge in [-0.15, -0.1) is 0 Å². The molecule has 1 unspecified atom stereocenters. The minimum atomic E-state index is -0.350. The van der Waals surface area contributed by atoms with E-state index in [4.69, 9.17) is 0 Å². The zero-order chi connectivity index (χ0) is 16.2. The van der Waals surface area contributed by atoms with Crippen molar-refractivity contribution < 1.29 is 4.39 Å². The highest BCUT2D eigenvalue weighted by atomic mass is 19.1. The summed E-state index contributed by atoms with van der Waals surface area (Å²) in [7, 11) is 0. The van der Waals surface area contributed by atoms with Gasteiger partial charge in [-0.1, -0.05) is 6.07 Å². The number of benzene rings is 1. The number of hydrogen-bond donors (Lipinski definition) is 1. The first-order valence-electron chi connectivity index (χ1n) is 7.67. The lowest BCUT2D eigenvalue weighted by Gasteiger charge is -2.35. The van der Waals surface area contributed by atoms with Crippen LogP contribution in [0.15, 0.2) is 30.5 Å². The van der Waals surface area contributed by atoms with E-state index in [0.29, 0.717) is 23.7 Å². The fraction of sp³-hybridized carbons (Fsp3) is 0.353. The third-order valence-corrected chi connectivity index (χ3v) is 3.97. The normalized spacial score (nSPS) is 17.6. The Morgan fingerprint density at radius 1 is 1.39 bits per heavy atom. The molecule has 0 bridgehead atoms. The summed E-state index contributed by atoms with van der Waals surface area (Å²) in [5.74, 6) is 0.238. The number of piperidine rings is 1. The summed E-state index contributed by atoms with van der Waals surface area (Å²) in [6.45, 7) is 3.27. The molecule has 0 amide bonds. The van der Waals surface area contributed by atoms with E-state index < -0.39 is 0 Å². The summed E-state index contributed by atoms with van der Waals surface area (Å²) >= 11 is 0. The van der Waals surface area contributed by atoms with Crippen molar-refractivity contribution in [3.8, 4) is 6.07 Å². The zero-order valence-electron chi connectivity index (χ0n) is 13.0. The number of para-hydroxylation sites is 1. The molecule has 1 saturated heterocycles. The first-order chi connectivity index (χ1) is 11.2. The summed E-state index contributed by atoms with van der Waals surface area (Å²) in [4.78, 5) is 10.5. The molecule has 1 atom stereocenters. The lowest BCUT2D eigenvalue weighted by Crippen LogP contribution is -2.43. The molecule has 0 radical (unpaired) electrons. The van der Waals surface area contributed by atoms with E-state index in [9.17, 15) is 9.65 Å². The summed E-state index contributed by atoms with van der Waals surface area (Å²) in [6, 6.07) is 8.66. The van der Waals surface area contributed by atoms with E-state index in [1.807, 2.05) is 17.9 Å². The number of anilines is 2. The second-order valence-electron chi connectivity index (χ2n) is 5.70. The fourth-order valence-corrected chi connectivity index (χ4v) is 2.93. The van der Waals surface area contributed by atoms with Gasteiger partial charge in [0.1, 0.15) is 11.9 Å². The van der Waals surface area contributed by atoms with Crippen LogP contribution in [-0.4, -0.2) is 29.1 Å². The van der Waals surface area contributed by atoms with Crippen molar-refractivity contribution in [1.82, 2.24) is 9.97 Å². The van der Waals surface area contributed by atoms with Crippen LogP contribution in [0.5, 0.6) is 0 Å². The Bertz CT molecular complexity index is 740. The van der Waals surface area contributed by atoms with Crippen LogP contribution in [0.25, 0.3) is 0 Å². The first kappa shape index (κ1) is 15.2. The van der Waals surface area contributed by atoms with Crippen molar-refractivity contribution >= 4 is 11.6 Å². The molecular formula is C17H18FN5. The van der Waals surface area contributed by atoms with Gasteiger partial charge in [0, 0.05) is 31.0 Å². The Morgan fingerprint density at radius 3 is 3.04 bits per heavy atom. The van der Waals surface area contributed by atoms with Gasteiger partial charge in [-0.3, -0.25) is 0 Å². The molecule has 0 spiro atoms. The molecular weight excluding hydrogens is 293 g/mol. The highest BCUT2D eigenvalue weighted by Gasteiger charge is 2.24. The van der Waals surface area contributed by atoms with Crippen LogP contribution in [-0.2, 0) is 0 Å². The van der Waals surface area contributed by atoms with Crippen molar-refractivity contribution in [1.29, 1.82) is 5.26 Å². The zero-order valence-corrected chi connectivity index (χ0v) is 13.0. The van der Waals surface area contributed by atoms with Gasteiger partial charge >= 0.3 is 0 Å². The predicted molar refractivity (Wildman–Crippen MR) is 86.7 cm³/mol. The molecule has 1 aromatic carbocycles. The van der Waals surface area contributed by atoms with Crippen LogP contribution < -0.4 is 10.2 Å². The van der Waals surface area contributed by atoms with Crippen molar-refractivity contribution in [3.05, 3.63) is 47.5 Å². The quantitative estimate of drug-likeness (QED) is 0.944. The molecule has 1 fully saturated rings. The number of nitriles is 1. The van der Waals surface area contributed by atoms with Gasteiger partial charge in [-0.25, -0.2) is 14.4 Å². The predicted octanol–water partition coefficient (Wildman–Crippen LogP) is 2.88. The van der Waals surface area contributed by atoms with Crippen LogP contribution >= 0.6 is 0 Å². The largest absolute Gasteiger partial charge is 0.366 e. The van der Waals surface area contributed by atoms with Gasteiger partial charge in [0.2, 0.25) is 5.95 Å². The number of halogens is 1. The average Bonchev–Trinajstić information content (AvgIpc) is 2.55. The average molecular weight is 311 g/mol. The summed E-state index contributed by atoms with van der Waals surface area (Å²) < 4.78 is 14.2. The Balaban J connectivity index is 1.78. The molecule has 1 aliphatic rings. The Kier molecular flexibility index (Phi) is 4.38. The number of rotatable bonds is 3. The first-order valence-corrected chi connectivity index (χ1v) is 7.67. The number of aryl methyl sites for hydroxylation is 1. The molecule has 5 nitrogen and oxygen atoms in total. The van der Waals surface area contributed by atoms with Gasteiger partial charge in [0.05, 0.1) is 11.3 Å². The van der Waals surface area contributed by atoms with E-state index >= 15 is 0 Å². The van der Waals surface area contributed by atoms with Crippen molar-refractivity contribution in [2.45, 2.75) is 25.8 Å². The maximum atomic E-state index is 14.2. The summed E-state index contributed by atoms with van der Waals surface area (Å²) in [5.41, 5.74) is 1.67. The smallest absolute Gasteiger partial charge is 0.223 e. The SMILES string of the molecule is Cc1ccnc(NC2CCCN(c3c(F)cccc3C#N)C2)n1. The summed E-state index contributed by atoms with van der Waals surface area (Å²) in [5, 5.41) is 12.5. The molecule has 23 heavy (non-hydrogen) atoms. The van der Waals surface area contributed by atoms with Crippen LogP contribution in [0.2, 0.25) is 0 Å². The minimum absolute atomic E-state index is 0.122. The van der Waals surface area contributed by atoms with Gasteiger partial charge in [0.15, 0.2) is 0 Å². The van der Waals surface area contributed by atoms with Crippen LogP contribution in [0.3, 0.4) is 0 Å². The van der Waals surface area contributed by atoms with E-state index in [1.54, 1.807) is 18.3 Å². The molecule has 2 heterocycles. The van der Waals surface area contributed by atoms with Crippen molar-refractivity contribution in [3.63, 3.8) is 0 Å². The van der Waals surface area contributed by atoms with Gasteiger partial charge in [-0.2, -0.15) is 5.26 Å². The maximum Gasteiger partial charge on any atom is 0.223 e. The molecule has 6 heteroatoms. The molecule has 0 saturated carbocycles. The molecule has 3 rings (SSSR count). The lowest BCUT2D eigenvalue weighted by molar-refractivity contribution is 0.516. The van der Waals surface area contributed by atoms with Crippen LogP contribution in [0, 0.1) is 24.1 Å². The maximum absolute atomic E-state index is 14.2. The lowest BCUT2D eigenvalue weighted by atomic mass is 10.0. The molecule has 1 aliphatic heterocycles. The third kappa shape index (κ3) is 3.39. The Morgan fingerprint density at radius 2 is 2.26 bits per heavy atom. The van der Waals surface area contributed by atoms with E-state index in [1.165, 1.54) is 6.07 Å². The second-order valence-corrected chi connectivity index (χ2v) is 5.70. The monoisotopic (exact) mass is 311 g/mol. The number of hydrogen-bond acceptors (Lipinski definition) is 5. The number of aromatic nitrogens is 2. The topological polar surface area (TPSA) is 64.8 Å². The highest BCUT2D eigenvalue weighted by molar-refractivity contribution is 5.60. The van der Waals surface area contributed by atoms with Gasteiger partial charge in [0.25, 0.3) is 0 Å². The number of nitrogens with zero attached hydrogens (tertiary/aromatic N) is 4. The minimum Gasteiger partial charge on any atom is -0.366 e. The van der Waals surface area contributed by atoms with E-state index in [2.05, 4.69) is 21.4 Å². The molecule has 2 aromatic rings. The standard InChI is InChI=1S/C17H18FN5/c1-12-7-8-20-17(21-12)22-14-5-3-9-23(11-14)16-13(10-19)4-2-6-15(16)18/h2,4,6-8,14H,3,5,9,11H2,1H3,(H,20,21,22). The molecule has 0 aliphatic carbocycles. The highest BCUT2D eigenvalue weighted by Crippen LogP contribution is 2.27. The second kappa shape index (κ2) is 6.61. The van der Waals surface area contributed by atoms with Crippen molar-refractivity contribution in [2.24, 2.45) is 0 Å². The fourth-order valence-electron chi connectivity index (χ4n) is 2.93. The number of nitrogens with one attached hydrogen (secondary N) is 1. The van der Waals surface area contributed by atoms with Gasteiger partial charge < -0.3 is 10.2 Å². The molecule has 118 valence electrons. The Labute approximate surface area is 134 Å². The van der Waals surface area contributed by atoms with Gasteiger partial charge in [-0.05, 0) is 38.0 Å². The van der Waals surface area contributed by atoms with Crippen molar-refractivity contribution in [2.75, 3.05) is 23.3 Å². The third-order valence-electron chi connectivity index (χ3n) is 3.97. The molecule has 1 aromatic heterocycles. The van der Waals surface area contributed by atoms with E-state index in [0.717, 1.165) is 25.1 Å². The van der Waals surface area contributed by atoms with E-state index in [-0.39, 0.29) is 11.9 Å². The Hall–Kier alpha value is -2.68. The summed E-state index contributed by atoms with van der Waals surface area (Å²) in [6.07, 6.45) is 3.60. The molecule has 1 N–H and O–H groups in total. The van der Waals surface area contributed by atoms with Crippen LogP contribution in [0.1, 0.15) is 24.1 Å². The van der Waals surface area contributed by atoms with Crippen LogP contribution in [0.4, 0.5) is 16.0 Å².